The van der Waals surface area contributed by atoms with Crippen molar-refractivity contribution in [3.8, 4) is 5.82 Å². The maximum Gasteiger partial charge on any atom is 0.276 e. The monoisotopic (exact) mass is 300 g/mol. The van der Waals surface area contributed by atoms with Crippen molar-refractivity contribution in [2.75, 3.05) is 5.32 Å². The van der Waals surface area contributed by atoms with Crippen LogP contribution in [0.2, 0.25) is 5.15 Å². The van der Waals surface area contributed by atoms with Gasteiger partial charge in [-0.2, -0.15) is 0 Å². The zero-order chi connectivity index (χ0) is 14.7. The van der Waals surface area contributed by atoms with Gasteiger partial charge in [0.05, 0.1) is 11.9 Å². The Morgan fingerprint density at radius 2 is 2.10 bits per heavy atom. The van der Waals surface area contributed by atoms with Gasteiger partial charge in [-0.1, -0.05) is 11.6 Å². The van der Waals surface area contributed by atoms with Crippen LogP contribution in [-0.2, 0) is 0 Å². The molecule has 0 unspecified atom stereocenters. The second kappa shape index (κ2) is 5.68. The fraction of sp³-hybridized carbons (Fsp3) is 0. The Labute approximate surface area is 124 Å². The zero-order valence-corrected chi connectivity index (χ0v) is 11.4. The molecule has 8 heteroatoms. The third kappa shape index (κ3) is 3.03. The molecule has 0 aliphatic heterocycles. The highest BCUT2D eigenvalue weighted by Gasteiger charge is 2.08. The predicted octanol–water partition coefficient (Wildman–Crippen LogP) is 1.96. The van der Waals surface area contributed by atoms with E-state index in [0.29, 0.717) is 11.5 Å². The van der Waals surface area contributed by atoms with Crippen LogP contribution < -0.4 is 5.32 Å². The van der Waals surface area contributed by atoms with E-state index in [1.807, 2.05) is 0 Å². The first-order valence-corrected chi connectivity index (χ1v) is 6.35. The molecule has 3 aromatic heterocycles. The Morgan fingerprint density at radius 3 is 2.71 bits per heavy atom. The van der Waals surface area contributed by atoms with E-state index in [-0.39, 0.29) is 16.8 Å². The first-order valence-electron chi connectivity index (χ1n) is 5.97. The summed E-state index contributed by atoms with van der Waals surface area (Å²) >= 11 is 5.62. The van der Waals surface area contributed by atoms with Gasteiger partial charge in [0.25, 0.3) is 5.91 Å². The van der Waals surface area contributed by atoms with Crippen LogP contribution in [0, 0.1) is 0 Å². The van der Waals surface area contributed by atoms with E-state index < -0.39 is 0 Å². The zero-order valence-electron chi connectivity index (χ0n) is 10.6. The highest BCUT2D eigenvalue weighted by molar-refractivity contribution is 6.29. The summed E-state index contributed by atoms with van der Waals surface area (Å²) in [7, 11) is 0. The van der Waals surface area contributed by atoms with Gasteiger partial charge in [0, 0.05) is 12.4 Å². The second-order valence-electron chi connectivity index (χ2n) is 4.07. The number of pyridine rings is 1. The van der Waals surface area contributed by atoms with Crippen LogP contribution in [0.5, 0.6) is 0 Å². The predicted molar refractivity (Wildman–Crippen MR) is 76.4 cm³/mol. The largest absolute Gasteiger partial charge is 0.319 e. The fourth-order valence-electron chi connectivity index (χ4n) is 1.64. The summed E-state index contributed by atoms with van der Waals surface area (Å²) < 4.78 is 1.76. The molecule has 0 atom stereocenters. The lowest BCUT2D eigenvalue weighted by Gasteiger charge is -2.05. The molecule has 0 bridgehead atoms. The number of anilines is 1. The summed E-state index contributed by atoms with van der Waals surface area (Å²) in [5.74, 6) is 0.327. The first kappa shape index (κ1) is 13.2. The molecule has 3 rings (SSSR count). The van der Waals surface area contributed by atoms with Crippen molar-refractivity contribution in [1.82, 2.24) is 24.7 Å². The minimum absolute atomic E-state index is 0.179. The lowest BCUT2D eigenvalue weighted by Crippen LogP contribution is -2.14. The average Bonchev–Trinajstić information content (AvgIpc) is 3.03. The molecule has 104 valence electrons. The van der Waals surface area contributed by atoms with E-state index in [2.05, 4.69) is 25.5 Å². The molecule has 1 amide bonds. The maximum absolute atomic E-state index is 11.9. The van der Waals surface area contributed by atoms with E-state index in [4.69, 9.17) is 11.6 Å². The molecule has 0 aliphatic rings. The molecule has 3 aromatic rings. The summed E-state index contributed by atoms with van der Waals surface area (Å²) in [6.45, 7) is 0. The molecule has 7 nitrogen and oxygen atoms in total. The SMILES string of the molecule is O=C(Nc1ccc(-n2ccnc2)nc1)c1ccc(Cl)nn1. The molecular formula is C13H9ClN6O. The van der Waals surface area contributed by atoms with Crippen LogP contribution in [0.25, 0.3) is 5.82 Å². The number of nitrogens with zero attached hydrogens (tertiary/aromatic N) is 5. The Morgan fingerprint density at radius 1 is 1.19 bits per heavy atom. The van der Waals surface area contributed by atoms with Crippen LogP contribution in [0.4, 0.5) is 5.69 Å². The van der Waals surface area contributed by atoms with Crippen molar-refractivity contribution in [3.05, 3.63) is 60.0 Å². The number of amides is 1. The normalized spacial score (nSPS) is 10.3. The minimum Gasteiger partial charge on any atom is -0.319 e. The van der Waals surface area contributed by atoms with Gasteiger partial charge in [-0.25, -0.2) is 9.97 Å². The number of carbonyl (C=O) groups is 1. The Kier molecular flexibility index (Phi) is 3.57. The topological polar surface area (TPSA) is 85.6 Å². The van der Waals surface area contributed by atoms with E-state index in [0.717, 1.165) is 0 Å². The van der Waals surface area contributed by atoms with Gasteiger partial charge in [-0.3, -0.25) is 9.36 Å². The van der Waals surface area contributed by atoms with E-state index in [1.165, 1.54) is 12.1 Å². The van der Waals surface area contributed by atoms with Gasteiger partial charge in [0.15, 0.2) is 10.8 Å². The lowest BCUT2D eigenvalue weighted by molar-refractivity contribution is 0.102. The number of halogens is 1. The summed E-state index contributed by atoms with van der Waals surface area (Å²) in [5.41, 5.74) is 0.735. The van der Waals surface area contributed by atoms with Gasteiger partial charge in [-0.15, -0.1) is 10.2 Å². The first-order chi connectivity index (χ1) is 10.2. The summed E-state index contributed by atoms with van der Waals surface area (Å²) in [5, 5.41) is 10.2. The van der Waals surface area contributed by atoms with Gasteiger partial charge in [0.2, 0.25) is 0 Å². The molecule has 0 saturated carbocycles. The number of hydrogen-bond acceptors (Lipinski definition) is 5. The highest BCUT2D eigenvalue weighted by atomic mass is 35.5. The van der Waals surface area contributed by atoms with Crippen molar-refractivity contribution >= 4 is 23.2 Å². The average molecular weight is 301 g/mol. The van der Waals surface area contributed by atoms with Crippen LogP contribution in [0.1, 0.15) is 10.5 Å². The molecule has 3 heterocycles. The molecule has 1 N–H and O–H groups in total. The quantitative estimate of drug-likeness (QED) is 0.799. The molecular weight excluding hydrogens is 292 g/mol. The smallest absolute Gasteiger partial charge is 0.276 e. The number of rotatable bonds is 3. The molecule has 0 spiro atoms. The van der Waals surface area contributed by atoms with Crippen LogP contribution >= 0.6 is 11.6 Å². The number of imidazole rings is 1. The minimum atomic E-state index is -0.378. The third-order valence-corrected chi connectivity index (χ3v) is 2.84. The Balaban J connectivity index is 1.73. The molecule has 0 saturated heterocycles. The molecule has 0 aromatic carbocycles. The van der Waals surface area contributed by atoms with Crippen LogP contribution in [0.15, 0.2) is 49.2 Å². The standard InChI is InChI=1S/C13H9ClN6O/c14-11-3-2-10(18-19-11)13(21)17-9-1-4-12(16-7-9)20-6-5-15-8-20/h1-8H,(H,17,21). The molecule has 21 heavy (non-hydrogen) atoms. The Hall–Kier alpha value is -2.80. The summed E-state index contributed by atoms with van der Waals surface area (Å²) in [4.78, 5) is 20.1. The maximum atomic E-state index is 11.9. The third-order valence-electron chi connectivity index (χ3n) is 2.64. The van der Waals surface area contributed by atoms with Crippen molar-refractivity contribution in [1.29, 1.82) is 0 Å². The van der Waals surface area contributed by atoms with Gasteiger partial charge < -0.3 is 5.32 Å². The lowest BCUT2D eigenvalue weighted by atomic mass is 10.3. The van der Waals surface area contributed by atoms with E-state index >= 15 is 0 Å². The molecule has 0 aliphatic carbocycles. The molecule has 0 fully saturated rings. The van der Waals surface area contributed by atoms with Crippen molar-refractivity contribution in [3.63, 3.8) is 0 Å². The van der Waals surface area contributed by atoms with Crippen molar-refractivity contribution in [2.45, 2.75) is 0 Å². The number of hydrogen-bond donors (Lipinski definition) is 1. The van der Waals surface area contributed by atoms with Crippen LogP contribution in [-0.4, -0.2) is 30.6 Å². The van der Waals surface area contributed by atoms with E-state index in [9.17, 15) is 4.79 Å². The second-order valence-corrected chi connectivity index (χ2v) is 4.46. The fourth-order valence-corrected chi connectivity index (χ4v) is 1.74. The number of aromatic nitrogens is 5. The molecule has 0 radical (unpaired) electrons. The number of nitrogens with one attached hydrogen (secondary N) is 1. The summed E-state index contributed by atoms with van der Waals surface area (Å²) in [6, 6.07) is 6.51. The highest BCUT2D eigenvalue weighted by Crippen LogP contribution is 2.11. The Bertz CT molecular complexity index is 739. The van der Waals surface area contributed by atoms with Gasteiger partial charge in [0.1, 0.15) is 12.1 Å². The van der Waals surface area contributed by atoms with Crippen LogP contribution in [0.3, 0.4) is 0 Å². The summed E-state index contributed by atoms with van der Waals surface area (Å²) in [6.07, 6.45) is 6.64. The van der Waals surface area contributed by atoms with Crippen molar-refractivity contribution < 1.29 is 4.79 Å². The van der Waals surface area contributed by atoms with Crippen molar-refractivity contribution in [2.24, 2.45) is 0 Å². The number of carbonyl (C=O) groups excluding carboxylic acids is 1. The van der Waals surface area contributed by atoms with E-state index in [1.54, 1.807) is 41.6 Å². The van der Waals surface area contributed by atoms with Gasteiger partial charge in [-0.05, 0) is 24.3 Å². The van der Waals surface area contributed by atoms with Gasteiger partial charge >= 0.3 is 0 Å².